The highest BCUT2D eigenvalue weighted by atomic mass is 16.2. The van der Waals surface area contributed by atoms with Crippen LogP contribution in [-0.4, -0.2) is 35.3 Å². The number of nitrogens with zero attached hydrogens (tertiary/aromatic N) is 2. The average Bonchev–Trinajstić information content (AvgIpc) is 2.66. The van der Waals surface area contributed by atoms with Crippen molar-refractivity contribution in [3.8, 4) is 0 Å². The predicted molar refractivity (Wildman–Crippen MR) is 63.5 cm³/mol. The largest absolute Gasteiger partial charge is 0.349 e. The number of likely N-dealkylation sites (N-methyl/N-ethyl adjacent to an activating group) is 1. The highest BCUT2D eigenvalue weighted by Crippen LogP contribution is 2.03. The topological polar surface area (TPSA) is 58.9 Å². The van der Waals surface area contributed by atoms with Crippen molar-refractivity contribution in [1.82, 2.24) is 20.4 Å². The van der Waals surface area contributed by atoms with Crippen LogP contribution in [0.4, 0.5) is 0 Å². The summed E-state index contributed by atoms with van der Waals surface area (Å²) in [5.74, 6) is -0.0624. The molecule has 0 aliphatic rings. The summed E-state index contributed by atoms with van der Waals surface area (Å²) in [6.07, 6.45) is 0.846. The molecule has 0 bridgehead atoms. The Balaban J connectivity index is 2.49. The SMILES string of the molecule is CCNCCNC(=O)c1cc(CC)nn1C. The quantitative estimate of drug-likeness (QED) is 0.684. The lowest BCUT2D eigenvalue weighted by Gasteiger charge is -2.05. The Bertz CT molecular complexity index is 346. The van der Waals surface area contributed by atoms with Gasteiger partial charge in [-0.1, -0.05) is 13.8 Å². The molecule has 1 aromatic heterocycles. The highest BCUT2D eigenvalue weighted by molar-refractivity contribution is 5.92. The maximum Gasteiger partial charge on any atom is 0.269 e. The molecule has 0 atom stereocenters. The summed E-state index contributed by atoms with van der Waals surface area (Å²) < 4.78 is 1.63. The summed E-state index contributed by atoms with van der Waals surface area (Å²) in [5.41, 5.74) is 1.56. The van der Waals surface area contributed by atoms with Crippen molar-refractivity contribution in [1.29, 1.82) is 0 Å². The molecule has 5 heteroatoms. The fourth-order valence-electron chi connectivity index (χ4n) is 1.44. The van der Waals surface area contributed by atoms with Crippen LogP contribution >= 0.6 is 0 Å². The molecule has 90 valence electrons. The third-order valence-electron chi connectivity index (χ3n) is 2.36. The van der Waals surface area contributed by atoms with Gasteiger partial charge < -0.3 is 10.6 Å². The summed E-state index contributed by atoms with van der Waals surface area (Å²) in [4.78, 5) is 11.8. The molecule has 0 aromatic carbocycles. The van der Waals surface area contributed by atoms with Crippen molar-refractivity contribution in [3.63, 3.8) is 0 Å². The Kier molecular flexibility index (Phi) is 4.98. The second-order valence-corrected chi connectivity index (χ2v) is 3.61. The van der Waals surface area contributed by atoms with Gasteiger partial charge in [0.2, 0.25) is 0 Å². The smallest absolute Gasteiger partial charge is 0.269 e. The van der Waals surface area contributed by atoms with E-state index in [0.717, 1.165) is 25.2 Å². The molecular formula is C11H20N4O. The van der Waals surface area contributed by atoms with Crippen molar-refractivity contribution < 1.29 is 4.79 Å². The van der Waals surface area contributed by atoms with Crippen LogP contribution in [-0.2, 0) is 13.5 Å². The number of rotatable bonds is 6. The van der Waals surface area contributed by atoms with Crippen molar-refractivity contribution in [2.45, 2.75) is 20.3 Å². The third kappa shape index (κ3) is 3.34. The lowest BCUT2D eigenvalue weighted by Crippen LogP contribution is -2.32. The summed E-state index contributed by atoms with van der Waals surface area (Å²) >= 11 is 0. The summed E-state index contributed by atoms with van der Waals surface area (Å²) in [7, 11) is 1.79. The summed E-state index contributed by atoms with van der Waals surface area (Å²) in [5, 5.41) is 10.2. The molecule has 1 heterocycles. The van der Waals surface area contributed by atoms with E-state index in [1.54, 1.807) is 11.7 Å². The van der Waals surface area contributed by atoms with E-state index in [4.69, 9.17) is 0 Å². The molecule has 1 rings (SSSR count). The molecule has 0 radical (unpaired) electrons. The average molecular weight is 224 g/mol. The van der Waals surface area contributed by atoms with E-state index < -0.39 is 0 Å². The first-order valence-electron chi connectivity index (χ1n) is 5.70. The molecule has 0 aliphatic heterocycles. The zero-order valence-electron chi connectivity index (χ0n) is 10.2. The van der Waals surface area contributed by atoms with Gasteiger partial charge in [-0.2, -0.15) is 5.10 Å². The molecule has 16 heavy (non-hydrogen) atoms. The van der Waals surface area contributed by atoms with Crippen LogP contribution in [0.3, 0.4) is 0 Å². The van der Waals surface area contributed by atoms with Gasteiger partial charge in [0.05, 0.1) is 5.69 Å². The second kappa shape index (κ2) is 6.27. The highest BCUT2D eigenvalue weighted by Gasteiger charge is 2.11. The molecule has 0 unspecified atom stereocenters. The molecule has 0 spiro atoms. The minimum absolute atomic E-state index is 0.0624. The molecule has 2 N–H and O–H groups in total. The number of hydrogen-bond acceptors (Lipinski definition) is 3. The van der Waals surface area contributed by atoms with E-state index in [1.165, 1.54) is 0 Å². The summed E-state index contributed by atoms with van der Waals surface area (Å²) in [6, 6.07) is 1.84. The number of aryl methyl sites for hydroxylation is 2. The van der Waals surface area contributed by atoms with Gasteiger partial charge in [-0.25, -0.2) is 0 Å². The molecule has 0 aliphatic carbocycles. The minimum Gasteiger partial charge on any atom is -0.349 e. The maximum absolute atomic E-state index is 11.8. The van der Waals surface area contributed by atoms with Crippen molar-refractivity contribution in [2.24, 2.45) is 7.05 Å². The Hall–Kier alpha value is -1.36. The van der Waals surface area contributed by atoms with Crippen LogP contribution in [0.2, 0.25) is 0 Å². The van der Waals surface area contributed by atoms with Crippen LogP contribution in [0.1, 0.15) is 30.0 Å². The number of aromatic nitrogens is 2. The lowest BCUT2D eigenvalue weighted by molar-refractivity contribution is 0.0944. The van der Waals surface area contributed by atoms with E-state index in [2.05, 4.69) is 15.7 Å². The van der Waals surface area contributed by atoms with Gasteiger partial charge in [0, 0.05) is 20.1 Å². The number of nitrogens with one attached hydrogen (secondary N) is 2. The Morgan fingerprint density at radius 1 is 1.44 bits per heavy atom. The molecule has 1 aromatic rings. The third-order valence-corrected chi connectivity index (χ3v) is 2.36. The molecule has 0 saturated carbocycles. The number of amides is 1. The zero-order valence-corrected chi connectivity index (χ0v) is 10.2. The van der Waals surface area contributed by atoms with Gasteiger partial charge in [-0.15, -0.1) is 0 Å². The van der Waals surface area contributed by atoms with E-state index >= 15 is 0 Å². The van der Waals surface area contributed by atoms with Crippen LogP contribution < -0.4 is 10.6 Å². The van der Waals surface area contributed by atoms with Crippen LogP contribution in [0, 0.1) is 0 Å². The second-order valence-electron chi connectivity index (χ2n) is 3.61. The van der Waals surface area contributed by atoms with Crippen molar-refractivity contribution in [3.05, 3.63) is 17.5 Å². The molecule has 5 nitrogen and oxygen atoms in total. The van der Waals surface area contributed by atoms with Gasteiger partial charge >= 0.3 is 0 Å². The van der Waals surface area contributed by atoms with Crippen molar-refractivity contribution in [2.75, 3.05) is 19.6 Å². The van der Waals surface area contributed by atoms with Crippen LogP contribution in [0.5, 0.6) is 0 Å². The molecular weight excluding hydrogens is 204 g/mol. The normalized spacial score (nSPS) is 10.4. The van der Waals surface area contributed by atoms with Crippen molar-refractivity contribution >= 4 is 5.91 Å². The van der Waals surface area contributed by atoms with Gasteiger partial charge in [-0.3, -0.25) is 9.48 Å². The molecule has 0 fully saturated rings. The number of hydrogen-bond donors (Lipinski definition) is 2. The first-order valence-corrected chi connectivity index (χ1v) is 5.70. The van der Waals surface area contributed by atoms with E-state index in [-0.39, 0.29) is 5.91 Å². The fourth-order valence-corrected chi connectivity index (χ4v) is 1.44. The lowest BCUT2D eigenvalue weighted by atomic mass is 10.3. The van der Waals surface area contributed by atoms with Gasteiger partial charge in [0.1, 0.15) is 5.69 Å². The maximum atomic E-state index is 11.8. The summed E-state index contributed by atoms with van der Waals surface area (Å²) in [6.45, 7) is 6.41. The zero-order chi connectivity index (χ0) is 12.0. The van der Waals surface area contributed by atoms with E-state index in [1.807, 2.05) is 19.9 Å². The Morgan fingerprint density at radius 2 is 2.19 bits per heavy atom. The number of carbonyl (C=O) groups excluding carboxylic acids is 1. The molecule has 0 saturated heterocycles. The molecule has 1 amide bonds. The minimum atomic E-state index is -0.0624. The van der Waals surface area contributed by atoms with Crippen LogP contribution in [0.25, 0.3) is 0 Å². The number of carbonyl (C=O) groups is 1. The van der Waals surface area contributed by atoms with Gasteiger partial charge in [0.15, 0.2) is 0 Å². The van der Waals surface area contributed by atoms with Gasteiger partial charge in [-0.05, 0) is 19.0 Å². The Morgan fingerprint density at radius 3 is 2.75 bits per heavy atom. The predicted octanol–water partition coefficient (Wildman–Crippen LogP) is 0.322. The van der Waals surface area contributed by atoms with E-state index in [9.17, 15) is 4.79 Å². The van der Waals surface area contributed by atoms with Gasteiger partial charge in [0.25, 0.3) is 5.91 Å². The fraction of sp³-hybridized carbons (Fsp3) is 0.636. The Labute approximate surface area is 96.2 Å². The first-order chi connectivity index (χ1) is 7.69. The monoisotopic (exact) mass is 224 g/mol. The van der Waals surface area contributed by atoms with E-state index in [0.29, 0.717) is 12.2 Å². The van der Waals surface area contributed by atoms with Crippen LogP contribution in [0.15, 0.2) is 6.07 Å². The first kappa shape index (κ1) is 12.7. The standard InChI is InChI=1S/C11H20N4O/c1-4-9-8-10(15(3)14-9)11(16)13-7-6-12-5-2/h8,12H,4-7H2,1-3H3,(H,13,16).